The minimum Gasteiger partial charge on any atom is -0.508 e. The Balaban J connectivity index is 1.72. The molecule has 0 spiro atoms. The third-order valence-corrected chi connectivity index (χ3v) is 5.18. The van der Waals surface area contributed by atoms with Crippen molar-refractivity contribution >= 4 is 16.6 Å². The first-order chi connectivity index (χ1) is 12.6. The van der Waals surface area contributed by atoms with Crippen LogP contribution in [-0.2, 0) is 6.54 Å². The molecule has 0 radical (unpaired) electrons. The van der Waals surface area contributed by atoms with Gasteiger partial charge in [-0.2, -0.15) is 0 Å². The van der Waals surface area contributed by atoms with Crippen LogP contribution in [0.4, 0.5) is 5.82 Å². The molecule has 2 aromatic carbocycles. The van der Waals surface area contributed by atoms with Crippen LogP contribution < -0.4 is 11.5 Å². The zero-order valence-corrected chi connectivity index (χ0v) is 14.7. The summed E-state index contributed by atoms with van der Waals surface area (Å²) in [6.45, 7) is 3.00. The fourth-order valence-electron chi connectivity index (χ4n) is 3.67. The van der Waals surface area contributed by atoms with Gasteiger partial charge in [0.2, 0.25) is 0 Å². The number of anilines is 1. The standard InChI is InChI=1S/C21H24N4O/c22-17-7-9-25(10-8-17)13-14-1-2-16-12-24-21(23)20(19(16)11-14)15-3-5-18(26)6-4-15/h1-6,11-12,17,26H,7-10,13,22H2,(H2,23,24). The van der Waals surface area contributed by atoms with Gasteiger partial charge in [-0.3, -0.25) is 4.90 Å². The van der Waals surface area contributed by atoms with Gasteiger partial charge in [-0.25, -0.2) is 4.98 Å². The molecule has 1 aliphatic heterocycles. The highest BCUT2D eigenvalue weighted by molar-refractivity contribution is 6.01. The molecule has 134 valence electrons. The van der Waals surface area contributed by atoms with Crippen LogP contribution in [0.2, 0.25) is 0 Å². The molecule has 2 heterocycles. The van der Waals surface area contributed by atoms with Crippen molar-refractivity contribution < 1.29 is 5.11 Å². The smallest absolute Gasteiger partial charge is 0.131 e. The van der Waals surface area contributed by atoms with Crippen molar-refractivity contribution in [2.45, 2.75) is 25.4 Å². The second kappa shape index (κ2) is 6.94. The number of phenols is 1. The number of phenolic OH excluding ortho intramolecular Hbond substituents is 1. The van der Waals surface area contributed by atoms with Crippen molar-refractivity contribution in [2.75, 3.05) is 18.8 Å². The van der Waals surface area contributed by atoms with Crippen molar-refractivity contribution in [3.8, 4) is 16.9 Å². The summed E-state index contributed by atoms with van der Waals surface area (Å²) < 4.78 is 0. The SMILES string of the molecule is Nc1ncc2ccc(CN3CCC(N)CC3)cc2c1-c1ccc(O)cc1. The highest BCUT2D eigenvalue weighted by Crippen LogP contribution is 2.34. The number of nitrogens with zero attached hydrogens (tertiary/aromatic N) is 2. The summed E-state index contributed by atoms with van der Waals surface area (Å²) in [4.78, 5) is 6.80. The van der Waals surface area contributed by atoms with E-state index in [-0.39, 0.29) is 5.75 Å². The molecule has 0 atom stereocenters. The highest BCUT2D eigenvalue weighted by Gasteiger charge is 2.17. The summed E-state index contributed by atoms with van der Waals surface area (Å²) in [6.07, 6.45) is 3.94. The number of aromatic hydroxyl groups is 1. The zero-order chi connectivity index (χ0) is 18.1. The van der Waals surface area contributed by atoms with Crippen molar-refractivity contribution in [3.05, 3.63) is 54.2 Å². The van der Waals surface area contributed by atoms with E-state index in [1.807, 2.05) is 18.3 Å². The number of likely N-dealkylation sites (tertiary alicyclic amines) is 1. The predicted octanol–water partition coefficient (Wildman–Crippen LogP) is 3.11. The Labute approximate surface area is 153 Å². The Hall–Kier alpha value is -2.63. The van der Waals surface area contributed by atoms with Crippen LogP contribution in [-0.4, -0.2) is 34.1 Å². The molecule has 3 aromatic rings. The number of fused-ring (bicyclic) bond motifs is 1. The van der Waals surface area contributed by atoms with Gasteiger partial charge in [0.05, 0.1) is 0 Å². The predicted molar refractivity (Wildman–Crippen MR) is 106 cm³/mol. The number of nitrogens with two attached hydrogens (primary N) is 2. The molecule has 26 heavy (non-hydrogen) atoms. The number of aromatic nitrogens is 1. The van der Waals surface area contributed by atoms with Crippen LogP contribution in [0, 0.1) is 0 Å². The quantitative estimate of drug-likeness (QED) is 0.677. The van der Waals surface area contributed by atoms with Crippen molar-refractivity contribution in [1.29, 1.82) is 0 Å². The van der Waals surface area contributed by atoms with E-state index in [1.165, 1.54) is 5.56 Å². The van der Waals surface area contributed by atoms with Crippen LogP contribution in [0.3, 0.4) is 0 Å². The molecule has 4 rings (SSSR count). The number of pyridine rings is 1. The van der Waals surface area contributed by atoms with E-state index in [2.05, 4.69) is 28.1 Å². The summed E-state index contributed by atoms with van der Waals surface area (Å²) in [5.74, 6) is 0.744. The lowest BCUT2D eigenvalue weighted by Gasteiger charge is -2.30. The van der Waals surface area contributed by atoms with Gasteiger partial charge >= 0.3 is 0 Å². The first-order valence-corrected chi connectivity index (χ1v) is 9.04. The molecule has 5 nitrogen and oxygen atoms in total. The third kappa shape index (κ3) is 3.36. The number of nitrogen functional groups attached to an aromatic ring is 1. The first kappa shape index (κ1) is 16.8. The van der Waals surface area contributed by atoms with E-state index in [9.17, 15) is 5.11 Å². The summed E-state index contributed by atoms with van der Waals surface area (Å²) in [5.41, 5.74) is 15.4. The van der Waals surface area contributed by atoms with Gasteiger partial charge in [0.1, 0.15) is 11.6 Å². The molecule has 0 amide bonds. The molecule has 5 N–H and O–H groups in total. The van der Waals surface area contributed by atoms with Gasteiger partial charge in [-0.05, 0) is 60.6 Å². The topological polar surface area (TPSA) is 88.4 Å². The largest absolute Gasteiger partial charge is 0.508 e. The van der Waals surface area contributed by atoms with Crippen LogP contribution in [0.15, 0.2) is 48.7 Å². The summed E-state index contributed by atoms with van der Waals surface area (Å²) in [6, 6.07) is 13.9. The molecule has 1 fully saturated rings. The van der Waals surface area contributed by atoms with Gasteiger partial charge < -0.3 is 16.6 Å². The Morgan fingerprint density at radius 3 is 2.54 bits per heavy atom. The second-order valence-electron chi connectivity index (χ2n) is 7.10. The van der Waals surface area contributed by atoms with Crippen LogP contribution >= 0.6 is 0 Å². The molecule has 5 heteroatoms. The van der Waals surface area contributed by atoms with Crippen LogP contribution in [0.25, 0.3) is 21.9 Å². The molecule has 1 aromatic heterocycles. The lowest BCUT2D eigenvalue weighted by molar-refractivity contribution is 0.206. The molecule has 1 saturated heterocycles. The molecule has 0 unspecified atom stereocenters. The van der Waals surface area contributed by atoms with Crippen molar-refractivity contribution in [1.82, 2.24) is 9.88 Å². The Bertz CT molecular complexity index is 915. The van der Waals surface area contributed by atoms with Crippen LogP contribution in [0.5, 0.6) is 5.75 Å². The van der Waals surface area contributed by atoms with Gasteiger partial charge in [-0.1, -0.05) is 24.3 Å². The van der Waals surface area contributed by atoms with Crippen LogP contribution in [0.1, 0.15) is 18.4 Å². The maximum atomic E-state index is 9.57. The average Bonchev–Trinajstić information content (AvgIpc) is 2.65. The fourth-order valence-corrected chi connectivity index (χ4v) is 3.67. The van der Waals surface area contributed by atoms with Crippen molar-refractivity contribution in [3.63, 3.8) is 0 Å². The van der Waals surface area contributed by atoms with Gasteiger partial charge in [-0.15, -0.1) is 0 Å². The number of hydrogen-bond acceptors (Lipinski definition) is 5. The number of hydrogen-bond donors (Lipinski definition) is 3. The molecule has 0 saturated carbocycles. The lowest BCUT2D eigenvalue weighted by atomic mass is 9.97. The van der Waals surface area contributed by atoms with E-state index in [0.717, 1.165) is 54.4 Å². The minimum absolute atomic E-state index is 0.240. The molecule has 0 bridgehead atoms. The number of piperidine rings is 1. The van der Waals surface area contributed by atoms with Crippen molar-refractivity contribution in [2.24, 2.45) is 5.73 Å². The Morgan fingerprint density at radius 1 is 1.08 bits per heavy atom. The number of rotatable bonds is 3. The van der Waals surface area contributed by atoms with Gasteiger partial charge in [0.25, 0.3) is 0 Å². The van der Waals surface area contributed by atoms with E-state index >= 15 is 0 Å². The molecule has 1 aliphatic rings. The number of benzene rings is 2. The van der Waals surface area contributed by atoms with E-state index in [0.29, 0.717) is 11.9 Å². The second-order valence-corrected chi connectivity index (χ2v) is 7.10. The maximum Gasteiger partial charge on any atom is 0.131 e. The fraction of sp³-hybridized carbons (Fsp3) is 0.286. The molecular formula is C21H24N4O. The Kier molecular flexibility index (Phi) is 4.49. The van der Waals surface area contributed by atoms with Gasteiger partial charge in [0, 0.05) is 29.7 Å². The highest BCUT2D eigenvalue weighted by atomic mass is 16.3. The summed E-state index contributed by atoms with van der Waals surface area (Å²) >= 11 is 0. The maximum absolute atomic E-state index is 9.57. The first-order valence-electron chi connectivity index (χ1n) is 9.04. The summed E-state index contributed by atoms with van der Waals surface area (Å²) in [7, 11) is 0. The van der Waals surface area contributed by atoms with E-state index in [1.54, 1.807) is 12.1 Å². The third-order valence-electron chi connectivity index (χ3n) is 5.18. The molecular weight excluding hydrogens is 324 g/mol. The van der Waals surface area contributed by atoms with E-state index in [4.69, 9.17) is 11.5 Å². The average molecular weight is 348 g/mol. The lowest BCUT2D eigenvalue weighted by Crippen LogP contribution is -2.39. The minimum atomic E-state index is 0.240. The monoisotopic (exact) mass is 348 g/mol. The van der Waals surface area contributed by atoms with Gasteiger partial charge in [0.15, 0.2) is 0 Å². The molecule has 0 aliphatic carbocycles. The summed E-state index contributed by atoms with van der Waals surface area (Å²) in [5, 5.41) is 11.7. The zero-order valence-electron chi connectivity index (χ0n) is 14.7. The normalized spacial score (nSPS) is 16.2. The van der Waals surface area contributed by atoms with E-state index < -0.39 is 0 Å². The Morgan fingerprint density at radius 2 is 1.81 bits per heavy atom.